The first kappa shape index (κ1) is 26.3. The molecule has 14 heteroatoms. The number of aromatic nitrogens is 8. The van der Waals surface area contributed by atoms with Crippen molar-refractivity contribution < 1.29 is 17.9 Å². The third-order valence-electron chi connectivity index (χ3n) is 7.02. The zero-order chi connectivity index (χ0) is 29.1. The first-order valence-corrected chi connectivity index (χ1v) is 12.7. The Labute approximate surface area is 229 Å². The molecule has 41 heavy (non-hydrogen) atoms. The summed E-state index contributed by atoms with van der Waals surface area (Å²) < 4.78 is 48.5. The van der Waals surface area contributed by atoms with Crippen molar-refractivity contribution in [1.29, 1.82) is 0 Å². The quantitative estimate of drug-likeness (QED) is 0.288. The van der Waals surface area contributed by atoms with Crippen molar-refractivity contribution in [2.24, 2.45) is 7.05 Å². The lowest BCUT2D eigenvalue weighted by molar-refractivity contribution is -0.141. The zero-order valence-corrected chi connectivity index (χ0v) is 22.2. The van der Waals surface area contributed by atoms with Crippen LogP contribution >= 0.6 is 0 Å². The topological polar surface area (TPSA) is 123 Å². The molecule has 4 aromatic heterocycles. The molecule has 0 spiro atoms. The predicted molar refractivity (Wildman–Crippen MR) is 141 cm³/mol. The Kier molecular flexibility index (Phi) is 6.20. The second kappa shape index (κ2) is 9.64. The van der Waals surface area contributed by atoms with Gasteiger partial charge in [0, 0.05) is 18.7 Å². The minimum Gasteiger partial charge on any atom is -0.480 e. The van der Waals surface area contributed by atoms with Gasteiger partial charge >= 0.3 is 17.3 Å². The number of rotatable bonds is 6. The second-order valence-electron chi connectivity index (χ2n) is 9.82. The summed E-state index contributed by atoms with van der Waals surface area (Å²) in [6.07, 6.45) is 0.264. The van der Waals surface area contributed by atoms with Gasteiger partial charge in [-0.3, -0.25) is 14.2 Å². The van der Waals surface area contributed by atoms with Gasteiger partial charge in [-0.15, -0.1) is 0 Å². The van der Waals surface area contributed by atoms with Crippen molar-refractivity contribution >= 4 is 11.2 Å². The molecule has 1 aromatic carbocycles. The number of methoxy groups -OCH3 is 1. The number of hydrogen-bond acceptors (Lipinski definition) is 8. The third-order valence-corrected chi connectivity index (χ3v) is 7.02. The molecule has 1 aliphatic rings. The average molecular weight is 565 g/mol. The third kappa shape index (κ3) is 4.64. The van der Waals surface area contributed by atoms with E-state index in [1.807, 2.05) is 0 Å². The first-order chi connectivity index (χ1) is 19.6. The van der Waals surface area contributed by atoms with Gasteiger partial charge in [-0.05, 0) is 43.5 Å². The number of hydrogen-bond donors (Lipinski definition) is 0. The van der Waals surface area contributed by atoms with Crippen LogP contribution < -0.4 is 15.9 Å². The van der Waals surface area contributed by atoms with E-state index in [9.17, 15) is 22.8 Å². The second-order valence-corrected chi connectivity index (χ2v) is 9.82. The van der Waals surface area contributed by atoms with Crippen LogP contribution in [0.15, 0.2) is 52.4 Å². The van der Waals surface area contributed by atoms with Gasteiger partial charge in [0.1, 0.15) is 17.4 Å². The Bertz CT molecular complexity index is 1920. The molecule has 0 radical (unpaired) electrons. The van der Waals surface area contributed by atoms with Crippen LogP contribution in [0.25, 0.3) is 28.2 Å². The highest BCUT2D eigenvalue weighted by atomic mass is 19.4. The van der Waals surface area contributed by atoms with Crippen LogP contribution in [0.3, 0.4) is 0 Å². The minimum atomic E-state index is -4.56. The SMILES string of the molecule is COc1ncnc(C2CC2)c1-c1ncc2c(n1)n(Cc1ccc(-n3nc(C(F)(F)F)cc3C)cc1)c(=O)c(=O)n2C. The summed E-state index contributed by atoms with van der Waals surface area (Å²) in [5.74, 6) is 0.791. The molecule has 0 atom stereocenters. The highest BCUT2D eigenvalue weighted by Gasteiger charge is 2.34. The molecule has 5 aromatic rings. The van der Waals surface area contributed by atoms with Crippen molar-refractivity contribution in [3.8, 4) is 23.0 Å². The van der Waals surface area contributed by atoms with Gasteiger partial charge in [0.2, 0.25) is 5.88 Å². The zero-order valence-electron chi connectivity index (χ0n) is 22.2. The van der Waals surface area contributed by atoms with E-state index in [4.69, 9.17) is 9.72 Å². The lowest BCUT2D eigenvalue weighted by Crippen LogP contribution is -2.41. The largest absolute Gasteiger partial charge is 0.480 e. The monoisotopic (exact) mass is 564 g/mol. The van der Waals surface area contributed by atoms with Crippen LogP contribution in [0.1, 0.15) is 41.4 Å². The van der Waals surface area contributed by atoms with Crippen molar-refractivity contribution in [3.05, 3.63) is 86.2 Å². The maximum atomic E-state index is 13.2. The smallest absolute Gasteiger partial charge is 0.435 e. The fourth-order valence-corrected chi connectivity index (χ4v) is 4.75. The lowest BCUT2D eigenvalue weighted by Gasteiger charge is -2.15. The van der Waals surface area contributed by atoms with Gasteiger partial charge in [-0.1, -0.05) is 12.1 Å². The average Bonchev–Trinajstić information content (AvgIpc) is 3.73. The summed E-state index contributed by atoms with van der Waals surface area (Å²) in [6.45, 7) is 1.51. The highest BCUT2D eigenvalue weighted by molar-refractivity contribution is 5.75. The van der Waals surface area contributed by atoms with E-state index in [1.165, 1.54) is 47.4 Å². The Morgan fingerprint density at radius 1 is 1.05 bits per heavy atom. The standard InChI is InChI=1S/C27H23F3N8O3/c1-14-10-19(27(28,29)30)35-38(14)17-8-4-15(5-9-17)12-37-23-18(36(2)25(39)26(37)40)11-31-22(34-23)20-21(16-6-7-16)32-13-33-24(20)41-3/h4-5,8-11,13,16H,6-7,12H2,1-3H3. The van der Waals surface area contributed by atoms with E-state index in [1.54, 1.807) is 24.3 Å². The molecule has 6 rings (SSSR count). The van der Waals surface area contributed by atoms with Gasteiger partial charge in [0.05, 0.1) is 31.2 Å². The predicted octanol–water partition coefficient (Wildman–Crippen LogP) is 3.39. The van der Waals surface area contributed by atoms with Gasteiger partial charge in [-0.2, -0.15) is 18.3 Å². The summed E-state index contributed by atoms with van der Waals surface area (Å²) in [7, 11) is 2.96. The van der Waals surface area contributed by atoms with Crippen molar-refractivity contribution in [3.63, 3.8) is 0 Å². The first-order valence-electron chi connectivity index (χ1n) is 12.7. The molecule has 11 nitrogen and oxygen atoms in total. The molecule has 0 unspecified atom stereocenters. The van der Waals surface area contributed by atoms with Crippen LogP contribution in [0.4, 0.5) is 13.2 Å². The Balaban J connectivity index is 1.43. The van der Waals surface area contributed by atoms with Crippen LogP contribution in [0.5, 0.6) is 5.88 Å². The lowest BCUT2D eigenvalue weighted by atomic mass is 10.1. The van der Waals surface area contributed by atoms with Gasteiger partial charge in [0.25, 0.3) is 0 Å². The fourth-order valence-electron chi connectivity index (χ4n) is 4.75. The number of aryl methyl sites for hydroxylation is 2. The number of ether oxygens (including phenoxy) is 1. The minimum absolute atomic E-state index is 0.0219. The number of alkyl halides is 3. The number of halogens is 3. The molecular weight excluding hydrogens is 541 g/mol. The Hall–Kier alpha value is -4.88. The fraction of sp³-hybridized carbons (Fsp3) is 0.296. The van der Waals surface area contributed by atoms with E-state index < -0.39 is 23.0 Å². The van der Waals surface area contributed by atoms with Gasteiger partial charge in [0.15, 0.2) is 17.2 Å². The number of benzene rings is 1. The molecular formula is C27H23F3N8O3. The molecule has 0 bridgehead atoms. The van der Waals surface area contributed by atoms with Crippen molar-refractivity contribution in [2.45, 2.75) is 38.4 Å². The van der Waals surface area contributed by atoms with E-state index in [0.717, 1.165) is 24.6 Å². The van der Waals surface area contributed by atoms with Gasteiger partial charge < -0.3 is 9.30 Å². The molecule has 1 fully saturated rings. The molecule has 4 heterocycles. The number of fused-ring (bicyclic) bond motifs is 1. The maximum Gasteiger partial charge on any atom is 0.435 e. The molecule has 0 N–H and O–H groups in total. The van der Waals surface area contributed by atoms with E-state index >= 15 is 0 Å². The normalized spacial score (nSPS) is 13.6. The van der Waals surface area contributed by atoms with Crippen LogP contribution in [-0.4, -0.2) is 46.0 Å². The molecule has 0 aliphatic heterocycles. The maximum absolute atomic E-state index is 13.2. The van der Waals surface area contributed by atoms with E-state index in [0.29, 0.717) is 33.9 Å². The van der Waals surface area contributed by atoms with Gasteiger partial charge in [-0.25, -0.2) is 24.6 Å². The van der Waals surface area contributed by atoms with Crippen LogP contribution in [0.2, 0.25) is 0 Å². The van der Waals surface area contributed by atoms with Crippen molar-refractivity contribution in [2.75, 3.05) is 7.11 Å². The Morgan fingerprint density at radius 2 is 1.78 bits per heavy atom. The number of nitrogens with zero attached hydrogens (tertiary/aromatic N) is 8. The summed E-state index contributed by atoms with van der Waals surface area (Å²) in [6, 6.07) is 7.47. The molecule has 1 saturated carbocycles. The van der Waals surface area contributed by atoms with E-state index in [-0.39, 0.29) is 23.9 Å². The highest BCUT2D eigenvalue weighted by Crippen LogP contribution is 2.44. The summed E-state index contributed by atoms with van der Waals surface area (Å²) >= 11 is 0. The summed E-state index contributed by atoms with van der Waals surface area (Å²) in [4.78, 5) is 43.8. The molecule has 0 amide bonds. The summed E-state index contributed by atoms with van der Waals surface area (Å²) in [5, 5.41) is 3.67. The van der Waals surface area contributed by atoms with Crippen LogP contribution in [-0.2, 0) is 19.8 Å². The Morgan fingerprint density at radius 3 is 2.41 bits per heavy atom. The van der Waals surface area contributed by atoms with Crippen LogP contribution in [0, 0.1) is 6.92 Å². The summed E-state index contributed by atoms with van der Waals surface area (Å²) in [5.41, 5.74) is 0.662. The molecule has 210 valence electrons. The van der Waals surface area contributed by atoms with Crippen molar-refractivity contribution in [1.82, 2.24) is 38.9 Å². The molecule has 1 aliphatic carbocycles. The molecule has 0 saturated heterocycles. The van der Waals surface area contributed by atoms with E-state index in [2.05, 4.69) is 20.1 Å².